The zero-order valence-corrected chi connectivity index (χ0v) is 13.7. The van der Waals surface area contributed by atoms with Gasteiger partial charge in [-0.15, -0.1) is 0 Å². The van der Waals surface area contributed by atoms with Crippen LogP contribution in [0.4, 0.5) is 5.69 Å². The first kappa shape index (κ1) is 15.4. The molecule has 0 saturated heterocycles. The molecule has 2 aromatic rings. The number of fused-ring (bicyclic) bond motifs is 1. The number of carbonyl (C=O) groups excluding carboxylic acids is 1. The highest BCUT2D eigenvalue weighted by Crippen LogP contribution is 2.40. The maximum atomic E-state index is 12.8. The van der Waals surface area contributed by atoms with Gasteiger partial charge in [0.15, 0.2) is 0 Å². The number of likely N-dealkylation sites (N-methyl/N-ethyl adjacent to an activating group) is 1. The van der Waals surface area contributed by atoms with Gasteiger partial charge in [-0.25, -0.2) is 0 Å². The van der Waals surface area contributed by atoms with Crippen LogP contribution in [-0.4, -0.2) is 26.7 Å². The zero-order valence-electron chi connectivity index (χ0n) is 13.7. The van der Waals surface area contributed by atoms with E-state index in [1.807, 2.05) is 54.3 Å². The van der Waals surface area contributed by atoms with Crippen LogP contribution < -0.4 is 14.4 Å². The van der Waals surface area contributed by atoms with E-state index >= 15 is 0 Å². The molecule has 0 radical (unpaired) electrons. The normalized spacial score (nSPS) is 16.4. The summed E-state index contributed by atoms with van der Waals surface area (Å²) in [6, 6.07) is 13.8. The molecule has 1 amide bonds. The zero-order chi connectivity index (χ0) is 16.4. The largest absolute Gasteiger partial charge is 0.497 e. The number of nitrogens with zero attached hydrogens (tertiary/aromatic N) is 1. The molecule has 0 aromatic heterocycles. The summed E-state index contributed by atoms with van der Waals surface area (Å²) in [4.78, 5) is 14.6. The van der Waals surface area contributed by atoms with E-state index in [1.54, 1.807) is 14.2 Å². The summed E-state index contributed by atoms with van der Waals surface area (Å²) in [6.45, 7) is 2.69. The molecule has 3 rings (SSSR count). The maximum Gasteiger partial charge on any atom is 0.234 e. The van der Waals surface area contributed by atoms with Crippen molar-refractivity contribution >= 4 is 11.6 Å². The topological polar surface area (TPSA) is 38.8 Å². The van der Waals surface area contributed by atoms with E-state index in [1.165, 1.54) is 0 Å². The fourth-order valence-corrected chi connectivity index (χ4v) is 3.23. The van der Waals surface area contributed by atoms with Crippen molar-refractivity contribution < 1.29 is 14.3 Å². The molecule has 0 N–H and O–H groups in total. The molecule has 23 heavy (non-hydrogen) atoms. The Balaban J connectivity index is 1.96. The van der Waals surface area contributed by atoms with Crippen molar-refractivity contribution in [1.82, 2.24) is 0 Å². The van der Waals surface area contributed by atoms with Crippen LogP contribution >= 0.6 is 0 Å². The van der Waals surface area contributed by atoms with Gasteiger partial charge in [0.25, 0.3) is 0 Å². The molecule has 0 aliphatic carbocycles. The van der Waals surface area contributed by atoms with E-state index in [9.17, 15) is 4.79 Å². The molecule has 1 aliphatic rings. The Bertz CT molecular complexity index is 726. The number of anilines is 1. The van der Waals surface area contributed by atoms with Crippen LogP contribution in [-0.2, 0) is 11.2 Å². The smallest absolute Gasteiger partial charge is 0.234 e. The van der Waals surface area contributed by atoms with Crippen molar-refractivity contribution in [3.8, 4) is 11.5 Å². The number of carbonyl (C=O) groups is 1. The van der Waals surface area contributed by atoms with Gasteiger partial charge >= 0.3 is 0 Å². The van der Waals surface area contributed by atoms with Crippen LogP contribution in [0.3, 0.4) is 0 Å². The van der Waals surface area contributed by atoms with E-state index in [2.05, 4.69) is 0 Å². The van der Waals surface area contributed by atoms with Crippen LogP contribution in [0, 0.1) is 0 Å². The number of hydrogen-bond donors (Lipinski definition) is 0. The van der Waals surface area contributed by atoms with Gasteiger partial charge in [0.2, 0.25) is 5.91 Å². The van der Waals surface area contributed by atoms with Gasteiger partial charge in [0.1, 0.15) is 11.5 Å². The van der Waals surface area contributed by atoms with Gasteiger partial charge in [0, 0.05) is 18.3 Å². The Morgan fingerprint density at radius 2 is 1.87 bits per heavy atom. The first-order chi connectivity index (χ1) is 11.2. The molecule has 1 aliphatic heterocycles. The van der Waals surface area contributed by atoms with Crippen molar-refractivity contribution in [1.29, 1.82) is 0 Å². The fraction of sp³-hybridized carbons (Fsp3) is 0.316. The van der Waals surface area contributed by atoms with Crippen molar-refractivity contribution in [3.63, 3.8) is 0 Å². The van der Waals surface area contributed by atoms with E-state index in [0.717, 1.165) is 28.3 Å². The van der Waals surface area contributed by atoms with E-state index in [-0.39, 0.29) is 11.8 Å². The first-order valence-electron chi connectivity index (χ1n) is 7.80. The number of rotatable bonds is 5. The SMILES string of the molecule is CCN1C(=O)[C@H](Cc2ccc(OC)cc2OC)c2ccccc21. The summed E-state index contributed by atoms with van der Waals surface area (Å²) in [5.41, 5.74) is 3.13. The number of para-hydroxylation sites is 1. The van der Waals surface area contributed by atoms with Crippen molar-refractivity contribution in [3.05, 3.63) is 53.6 Å². The fourth-order valence-electron chi connectivity index (χ4n) is 3.23. The summed E-state index contributed by atoms with van der Waals surface area (Å²) in [7, 11) is 3.27. The van der Waals surface area contributed by atoms with Crippen LogP contribution in [0.15, 0.2) is 42.5 Å². The van der Waals surface area contributed by atoms with Crippen LogP contribution in [0.2, 0.25) is 0 Å². The molecular weight excluding hydrogens is 290 g/mol. The highest BCUT2D eigenvalue weighted by Gasteiger charge is 2.36. The molecule has 0 spiro atoms. The Hall–Kier alpha value is -2.49. The molecule has 1 heterocycles. The summed E-state index contributed by atoms with van der Waals surface area (Å²) in [5.74, 6) is 1.50. The van der Waals surface area contributed by atoms with Crippen molar-refractivity contribution in [2.24, 2.45) is 0 Å². The number of methoxy groups -OCH3 is 2. The minimum absolute atomic E-state index is 0.159. The second-order valence-electron chi connectivity index (χ2n) is 5.58. The predicted octanol–water partition coefficient (Wildman–Crippen LogP) is 3.40. The average molecular weight is 311 g/mol. The van der Waals surface area contributed by atoms with E-state index in [0.29, 0.717) is 13.0 Å². The molecule has 4 nitrogen and oxygen atoms in total. The third-order valence-electron chi connectivity index (χ3n) is 4.40. The first-order valence-corrected chi connectivity index (χ1v) is 7.80. The monoisotopic (exact) mass is 311 g/mol. The molecule has 0 saturated carbocycles. The van der Waals surface area contributed by atoms with Crippen LogP contribution in [0.5, 0.6) is 11.5 Å². The highest BCUT2D eigenvalue weighted by atomic mass is 16.5. The standard InChI is InChI=1S/C19H21NO3/c1-4-20-17-8-6-5-7-15(17)16(19(20)21)11-13-9-10-14(22-2)12-18(13)23-3/h5-10,12,16H,4,11H2,1-3H3/t16-/m1/s1. The van der Waals surface area contributed by atoms with Gasteiger partial charge in [-0.2, -0.15) is 0 Å². The third kappa shape index (κ3) is 2.65. The second-order valence-corrected chi connectivity index (χ2v) is 5.58. The number of hydrogen-bond acceptors (Lipinski definition) is 3. The van der Waals surface area contributed by atoms with Gasteiger partial charge < -0.3 is 14.4 Å². The Labute approximate surface area is 136 Å². The summed E-state index contributed by atoms with van der Waals surface area (Å²) in [6.07, 6.45) is 0.625. The van der Waals surface area contributed by atoms with Gasteiger partial charge in [-0.1, -0.05) is 24.3 Å². The quantitative estimate of drug-likeness (QED) is 0.849. The Morgan fingerprint density at radius 1 is 1.09 bits per heavy atom. The maximum absolute atomic E-state index is 12.8. The molecule has 0 unspecified atom stereocenters. The third-order valence-corrected chi connectivity index (χ3v) is 4.40. The lowest BCUT2D eigenvalue weighted by Crippen LogP contribution is -2.29. The molecule has 1 atom stereocenters. The van der Waals surface area contributed by atoms with Gasteiger partial charge in [-0.05, 0) is 36.6 Å². The Morgan fingerprint density at radius 3 is 2.57 bits per heavy atom. The molecule has 2 aromatic carbocycles. The molecule has 4 heteroatoms. The van der Waals surface area contributed by atoms with Crippen molar-refractivity contribution in [2.45, 2.75) is 19.3 Å². The van der Waals surface area contributed by atoms with E-state index in [4.69, 9.17) is 9.47 Å². The van der Waals surface area contributed by atoms with E-state index < -0.39 is 0 Å². The predicted molar refractivity (Wildman–Crippen MR) is 90.5 cm³/mol. The Kier molecular flexibility index (Phi) is 4.24. The van der Waals surface area contributed by atoms with Crippen molar-refractivity contribution in [2.75, 3.05) is 25.7 Å². The number of benzene rings is 2. The number of ether oxygens (including phenoxy) is 2. The average Bonchev–Trinajstić information content (AvgIpc) is 2.86. The summed E-state index contributed by atoms with van der Waals surface area (Å²) < 4.78 is 10.7. The molecule has 0 bridgehead atoms. The van der Waals surface area contributed by atoms with Crippen LogP contribution in [0.1, 0.15) is 24.0 Å². The summed E-state index contributed by atoms with van der Waals surface area (Å²) in [5, 5.41) is 0. The minimum Gasteiger partial charge on any atom is -0.497 e. The highest BCUT2D eigenvalue weighted by molar-refractivity contribution is 6.05. The second kappa shape index (κ2) is 6.32. The molecule has 0 fully saturated rings. The van der Waals surface area contributed by atoms with Crippen LogP contribution in [0.25, 0.3) is 0 Å². The summed E-state index contributed by atoms with van der Waals surface area (Å²) >= 11 is 0. The van der Waals surface area contributed by atoms with Gasteiger partial charge in [-0.3, -0.25) is 4.79 Å². The lowest BCUT2D eigenvalue weighted by Gasteiger charge is -2.16. The molecule has 120 valence electrons. The van der Waals surface area contributed by atoms with Gasteiger partial charge in [0.05, 0.1) is 20.1 Å². The molecular formula is C19H21NO3. The lowest BCUT2D eigenvalue weighted by molar-refractivity contribution is -0.119. The number of amides is 1. The lowest BCUT2D eigenvalue weighted by atomic mass is 9.93. The minimum atomic E-state index is -0.159.